The second-order valence-corrected chi connectivity index (χ2v) is 7.45. The van der Waals surface area contributed by atoms with Crippen LogP contribution in [0, 0.1) is 13.8 Å². The number of ether oxygens (including phenoxy) is 2. The molecule has 134 valence electrons. The van der Waals surface area contributed by atoms with Crippen LogP contribution >= 0.6 is 19.0 Å². The number of aryl methyl sites for hydroxylation is 1. The van der Waals surface area contributed by atoms with Crippen LogP contribution in [0.3, 0.4) is 0 Å². The first kappa shape index (κ1) is 18.4. The molecule has 0 bridgehead atoms. The van der Waals surface area contributed by atoms with Crippen LogP contribution in [-0.4, -0.2) is 29.6 Å². The largest absolute Gasteiger partial charge is 0.496 e. The van der Waals surface area contributed by atoms with Gasteiger partial charge < -0.3 is 9.47 Å². The first-order valence-electron chi connectivity index (χ1n) is 7.83. The number of methoxy groups -OCH3 is 2. The van der Waals surface area contributed by atoms with Crippen molar-refractivity contribution in [1.29, 1.82) is 0 Å². The zero-order chi connectivity index (χ0) is 18.7. The van der Waals surface area contributed by atoms with Gasteiger partial charge in [0.05, 0.1) is 24.8 Å². The van der Waals surface area contributed by atoms with Crippen LogP contribution in [-0.2, 0) is 4.57 Å². The maximum absolute atomic E-state index is 11.0. The first-order valence-corrected chi connectivity index (χ1v) is 10.1. The Labute approximate surface area is 157 Å². The van der Waals surface area contributed by atoms with Crippen LogP contribution in [0.15, 0.2) is 35.2 Å². The van der Waals surface area contributed by atoms with E-state index >= 15 is 0 Å². The van der Waals surface area contributed by atoms with Crippen molar-refractivity contribution in [3.8, 4) is 34.0 Å². The summed E-state index contributed by atoms with van der Waals surface area (Å²) in [4.78, 5) is 0.778. The van der Waals surface area contributed by atoms with Crippen LogP contribution in [0.4, 0.5) is 0 Å². The van der Waals surface area contributed by atoms with E-state index < -0.39 is 0 Å². The number of nitrogens with zero attached hydrogens (tertiary/aromatic N) is 2. The van der Waals surface area contributed by atoms with Crippen LogP contribution in [0.25, 0.3) is 22.5 Å². The van der Waals surface area contributed by atoms with Crippen molar-refractivity contribution in [2.75, 3.05) is 14.2 Å². The van der Waals surface area contributed by atoms with Crippen molar-refractivity contribution >= 4 is 19.0 Å². The minimum Gasteiger partial charge on any atom is -0.496 e. The van der Waals surface area contributed by atoms with Gasteiger partial charge in [0.15, 0.2) is 0 Å². The van der Waals surface area contributed by atoms with Gasteiger partial charge in [-0.2, -0.15) is 0 Å². The normalized spacial score (nSPS) is 10.9. The number of aromatic nitrogens is 3. The highest BCUT2D eigenvalue weighted by Gasteiger charge is 2.16. The number of hydrogen-bond donors (Lipinski definition) is 1. The predicted octanol–water partition coefficient (Wildman–Crippen LogP) is 5.07. The van der Waals surface area contributed by atoms with Crippen molar-refractivity contribution in [1.82, 2.24) is 15.4 Å². The molecule has 0 amide bonds. The molecule has 0 atom stereocenters. The van der Waals surface area contributed by atoms with E-state index in [1.807, 2.05) is 38.1 Å². The molecule has 0 saturated heterocycles. The van der Waals surface area contributed by atoms with Gasteiger partial charge in [-0.3, -0.25) is 9.66 Å². The molecule has 0 unspecified atom stereocenters. The third-order valence-electron chi connectivity index (χ3n) is 4.25. The molecule has 1 heterocycles. The predicted molar refractivity (Wildman–Crippen MR) is 103 cm³/mol. The minimum absolute atomic E-state index is 0.0410. The van der Waals surface area contributed by atoms with Gasteiger partial charge in [0, 0.05) is 11.1 Å². The van der Waals surface area contributed by atoms with E-state index in [0.717, 1.165) is 44.3 Å². The van der Waals surface area contributed by atoms with Crippen LogP contribution in [0.5, 0.6) is 11.5 Å². The Balaban J connectivity index is 2.11. The van der Waals surface area contributed by atoms with Crippen LogP contribution in [0.2, 0.25) is 0 Å². The first-order chi connectivity index (χ1) is 12.6. The van der Waals surface area contributed by atoms with Gasteiger partial charge in [-0.1, -0.05) is 5.21 Å². The molecule has 0 aliphatic carbocycles. The second-order valence-electron chi connectivity index (χ2n) is 5.69. The molecule has 0 aliphatic rings. The monoisotopic (exact) mass is 387 g/mol. The maximum atomic E-state index is 11.0. The van der Waals surface area contributed by atoms with Crippen LogP contribution < -0.4 is 9.47 Å². The molecule has 0 saturated carbocycles. The van der Waals surface area contributed by atoms with Gasteiger partial charge in [-0.15, -0.1) is 5.10 Å². The quantitative estimate of drug-likeness (QED) is 0.595. The van der Waals surface area contributed by atoms with E-state index in [1.165, 1.54) is 11.4 Å². The number of benzene rings is 2. The lowest BCUT2D eigenvalue weighted by molar-refractivity contribution is 0.405. The number of hydrogen-bond acceptors (Lipinski definition) is 6. The maximum Gasteiger partial charge on any atom is 0.232 e. The summed E-state index contributed by atoms with van der Waals surface area (Å²) in [7, 11) is 3.20. The Kier molecular flexibility index (Phi) is 5.59. The third-order valence-corrected chi connectivity index (χ3v) is 5.65. The van der Waals surface area contributed by atoms with Crippen molar-refractivity contribution in [2.24, 2.45) is 0 Å². The lowest BCUT2D eigenvalue weighted by Crippen LogP contribution is -1.93. The fraction of sp³-hybridized carbons (Fsp3) is 0.222. The topological polar surface area (TPSA) is 77.1 Å². The molecule has 0 radical (unpaired) electrons. The summed E-state index contributed by atoms with van der Waals surface area (Å²) in [5.41, 5.74) is 5.52. The summed E-state index contributed by atoms with van der Waals surface area (Å²) in [6.45, 7) is 4.06. The molecular weight excluding hydrogens is 369 g/mol. The zero-order valence-electron chi connectivity index (χ0n) is 14.9. The van der Waals surface area contributed by atoms with Gasteiger partial charge in [0.1, 0.15) is 17.2 Å². The second kappa shape index (κ2) is 7.89. The molecule has 0 spiro atoms. The van der Waals surface area contributed by atoms with Gasteiger partial charge in [-0.25, -0.2) is 0 Å². The van der Waals surface area contributed by atoms with Crippen molar-refractivity contribution in [3.63, 3.8) is 0 Å². The van der Waals surface area contributed by atoms with Crippen molar-refractivity contribution < 1.29 is 14.0 Å². The SMILES string of the molecule is COc1ccc(-c2[nH]nnc2-c2cc(C)c(C)c(OC)c2)cc1SP=O. The Hall–Kier alpha value is -2.37. The van der Waals surface area contributed by atoms with E-state index in [9.17, 15) is 4.57 Å². The number of aromatic amines is 1. The molecule has 0 fully saturated rings. The van der Waals surface area contributed by atoms with Gasteiger partial charge >= 0.3 is 0 Å². The van der Waals surface area contributed by atoms with Gasteiger partial charge in [-0.05, 0) is 66.7 Å². The average molecular weight is 387 g/mol. The van der Waals surface area contributed by atoms with E-state index in [1.54, 1.807) is 14.2 Å². The molecule has 1 aromatic heterocycles. The van der Waals surface area contributed by atoms with E-state index in [4.69, 9.17) is 9.47 Å². The summed E-state index contributed by atoms with van der Waals surface area (Å²) in [5, 5.41) is 11.2. The summed E-state index contributed by atoms with van der Waals surface area (Å²) in [6.07, 6.45) is 0. The van der Waals surface area contributed by atoms with Crippen LogP contribution in [0.1, 0.15) is 11.1 Å². The molecular formula is C18H18N3O3PS. The Morgan fingerprint density at radius 3 is 2.50 bits per heavy atom. The Bertz CT molecular complexity index is 959. The Morgan fingerprint density at radius 1 is 1.04 bits per heavy atom. The molecule has 2 aromatic carbocycles. The summed E-state index contributed by atoms with van der Waals surface area (Å²) in [6, 6.07) is 9.69. The van der Waals surface area contributed by atoms with Crippen molar-refractivity contribution in [2.45, 2.75) is 18.7 Å². The highest BCUT2D eigenvalue weighted by Crippen LogP contribution is 2.40. The summed E-state index contributed by atoms with van der Waals surface area (Å²) < 4.78 is 21.8. The molecule has 8 heteroatoms. The molecule has 3 rings (SSSR count). The third kappa shape index (κ3) is 3.45. The zero-order valence-corrected chi connectivity index (χ0v) is 16.6. The standard InChI is InChI=1S/C18H18N3O3PS/c1-10-7-13(8-15(24-4)11(10)2)18-17(19-21-20-18)12-5-6-14(23-3)16(9-12)26-25-22/h5-9H,1-4H3,(H,19,20,21). The van der Waals surface area contributed by atoms with Gasteiger partial charge in [0.2, 0.25) is 7.66 Å². The fourth-order valence-electron chi connectivity index (χ4n) is 2.75. The smallest absolute Gasteiger partial charge is 0.232 e. The van der Waals surface area contributed by atoms with E-state index in [-0.39, 0.29) is 7.66 Å². The van der Waals surface area contributed by atoms with E-state index in [2.05, 4.69) is 21.5 Å². The molecule has 1 N–H and O–H groups in total. The number of rotatable bonds is 6. The average Bonchev–Trinajstić information content (AvgIpc) is 3.14. The molecule has 3 aromatic rings. The number of nitrogens with one attached hydrogen (secondary N) is 1. The molecule has 26 heavy (non-hydrogen) atoms. The lowest BCUT2D eigenvalue weighted by atomic mass is 10.00. The minimum atomic E-state index is -0.0410. The summed E-state index contributed by atoms with van der Waals surface area (Å²) >= 11 is 1.17. The molecule has 0 aliphatic heterocycles. The number of H-pyrrole nitrogens is 1. The lowest BCUT2D eigenvalue weighted by Gasteiger charge is -2.11. The van der Waals surface area contributed by atoms with E-state index in [0.29, 0.717) is 5.75 Å². The highest BCUT2D eigenvalue weighted by molar-refractivity contribution is 8.45. The molecule has 6 nitrogen and oxygen atoms in total. The van der Waals surface area contributed by atoms with Crippen molar-refractivity contribution in [3.05, 3.63) is 41.5 Å². The Morgan fingerprint density at radius 2 is 1.81 bits per heavy atom. The van der Waals surface area contributed by atoms with Gasteiger partial charge in [0.25, 0.3) is 0 Å². The summed E-state index contributed by atoms with van der Waals surface area (Å²) in [5.74, 6) is 1.48. The fourth-order valence-corrected chi connectivity index (χ4v) is 3.92. The highest BCUT2D eigenvalue weighted by atomic mass is 32.7.